The van der Waals surface area contributed by atoms with Crippen LogP contribution in [0.25, 0.3) is 0 Å². The summed E-state index contributed by atoms with van der Waals surface area (Å²) in [6.45, 7) is 2.58. The monoisotopic (exact) mass is 400 g/mol. The van der Waals surface area contributed by atoms with Crippen molar-refractivity contribution in [3.63, 3.8) is 0 Å². The number of rotatable bonds is 18. The third-order valence-electron chi connectivity index (χ3n) is 5.45. The van der Waals surface area contributed by atoms with E-state index in [0.717, 1.165) is 12.8 Å². The average molecular weight is 401 g/mol. The molecule has 0 aliphatic carbocycles. The van der Waals surface area contributed by atoms with Gasteiger partial charge in [0.1, 0.15) is 24.4 Å². The molecule has 0 bridgehead atoms. The van der Waals surface area contributed by atoms with Crippen LogP contribution < -0.4 is 0 Å². The van der Waals surface area contributed by atoms with E-state index in [1.807, 2.05) is 0 Å². The van der Waals surface area contributed by atoms with Gasteiger partial charge in [-0.05, 0) is 32.1 Å². The Morgan fingerprint density at radius 1 is 0.929 bits per heavy atom. The predicted octanol–water partition coefficient (Wildman–Crippen LogP) is 4.13. The van der Waals surface area contributed by atoms with Crippen LogP contribution in [0, 0.1) is 0 Å². The molecule has 166 valence electrons. The number of ether oxygens (including phenoxy) is 2. The molecular formula is C23H44O5. The maximum atomic E-state index is 9.88. The third kappa shape index (κ3) is 11.5. The molecule has 0 spiro atoms. The van der Waals surface area contributed by atoms with Gasteiger partial charge < -0.3 is 24.8 Å². The van der Waals surface area contributed by atoms with Crippen molar-refractivity contribution >= 4 is 0 Å². The number of aliphatic hydroxyl groups excluding tert-OH is 3. The van der Waals surface area contributed by atoms with Gasteiger partial charge in [0.25, 0.3) is 0 Å². The van der Waals surface area contributed by atoms with Gasteiger partial charge in [0.2, 0.25) is 0 Å². The lowest BCUT2D eigenvalue weighted by Gasteiger charge is -2.23. The standard InChI is InChI=1S/C23H44O5/c1-2-3-4-5-6-7-8-9-10-11-12-13-14-15-16-17-27-23-21(26)19-28-22(23)20(25)18-24/h8-9,20-26H,2-7,10-19H2,1H3/b9-8+/t20-,21+,22-,23-/m1/s1. The van der Waals surface area contributed by atoms with Crippen LogP contribution >= 0.6 is 0 Å². The molecule has 1 rings (SSSR count). The summed E-state index contributed by atoms with van der Waals surface area (Å²) in [6, 6.07) is 0. The van der Waals surface area contributed by atoms with Crippen LogP contribution in [0.3, 0.4) is 0 Å². The molecule has 4 atom stereocenters. The summed E-state index contributed by atoms with van der Waals surface area (Å²) in [5, 5.41) is 28.6. The second kappa shape index (κ2) is 17.4. The average Bonchev–Trinajstić information content (AvgIpc) is 3.07. The highest BCUT2D eigenvalue weighted by molar-refractivity contribution is 4.89. The molecule has 0 unspecified atom stereocenters. The minimum atomic E-state index is -1.00. The van der Waals surface area contributed by atoms with E-state index in [2.05, 4.69) is 19.1 Å². The maximum absolute atomic E-state index is 9.88. The Balaban J connectivity index is 1.89. The predicted molar refractivity (Wildman–Crippen MR) is 113 cm³/mol. The Morgan fingerprint density at radius 3 is 2.11 bits per heavy atom. The molecule has 0 saturated carbocycles. The van der Waals surface area contributed by atoms with Crippen molar-refractivity contribution < 1.29 is 24.8 Å². The molecule has 0 amide bonds. The van der Waals surface area contributed by atoms with Crippen molar-refractivity contribution in [1.29, 1.82) is 0 Å². The van der Waals surface area contributed by atoms with E-state index in [0.29, 0.717) is 6.61 Å². The van der Waals surface area contributed by atoms with Crippen molar-refractivity contribution in [2.24, 2.45) is 0 Å². The zero-order chi connectivity index (χ0) is 20.5. The van der Waals surface area contributed by atoms with Gasteiger partial charge in [0.05, 0.1) is 13.2 Å². The summed E-state index contributed by atoms with van der Waals surface area (Å²) in [5.41, 5.74) is 0. The molecule has 0 aromatic carbocycles. The van der Waals surface area contributed by atoms with Crippen LogP contribution in [0.2, 0.25) is 0 Å². The van der Waals surface area contributed by atoms with Gasteiger partial charge in [-0.15, -0.1) is 0 Å². The summed E-state index contributed by atoms with van der Waals surface area (Å²) >= 11 is 0. The van der Waals surface area contributed by atoms with Gasteiger partial charge in [0, 0.05) is 6.61 Å². The molecule has 5 heteroatoms. The summed E-state index contributed by atoms with van der Waals surface area (Å²) in [5.74, 6) is 0. The van der Waals surface area contributed by atoms with Crippen LogP contribution in [0.5, 0.6) is 0 Å². The van der Waals surface area contributed by atoms with Crippen molar-refractivity contribution in [3.8, 4) is 0 Å². The molecule has 1 aliphatic rings. The summed E-state index contributed by atoms with van der Waals surface area (Å²) in [4.78, 5) is 0. The molecular weight excluding hydrogens is 356 g/mol. The van der Waals surface area contributed by atoms with Gasteiger partial charge in [-0.2, -0.15) is 0 Å². The molecule has 1 saturated heterocycles. The van der Waals surface area contributed by atoms with Crippen LogP contribution in [0.4, 0.5) is 0 Å². The van der Waals surface area contributed by atoms with E-state index in [4.69, 9.17) is 14.6 Å². The molecule has 5 nitrogen and oxygen atoms in total. The van der Waals surface area contributed by atoms with Crippen molar-refractivity contribution in [2.45, 2.75) is 115 Å². The van der Waals surface area contributed by atoms with Crippen LogP contribution in [-0.4, -0.2) is 59.6 Å². The smallest absolute Gasteiger partial charge is 0.114 e. The van der Waals surface area contributed by atoms with E-state index < -0.39 is 24.4 Å². The molecule has 0 aromatic rings. The van der Waals surface area contributed by atoms with E-state index >= 15 is 0 Å². The first-order valence-corrected chi connectivity index (χ1v) is 11.6. The Morgan fingerprint density at radius 2 is 1.50 bits per heavy atom. The fourth-order valence-corrected chi connectivity index (χ4v) is 3.65. The number of unbranched alkanes of at least 4 members (excludes halogenated alkanes) is 11. The SMILES string of the molecule is CCCCCCC/C=C/CCCCCCCCO[C@H]1[C@@H]([C@H](O)CO)OC[C@@H]1O. The van der Waals surface area contributed by atoms with E-state index in [1.54, 1.807) is 0 Å². The lowest BCUT2D eigenvalue weighted by molar-refractivity contribution is -0.0938. The normalized spacial score (nSPS) is 23.6. The highest BCUT2D eigenvalue weighted by Gasteiger charge is 2.40. The van der Waals surface area contributed by atoms with Crippen LogP contribution in [0.1, 0.15) is 90.4 Å². The first kappa shape index (κ1) is 25.6. The zero-order valence-electron chi connectivity index (χ0n) is 17.9. The lowest BCUT2D eigenvalue weighted by Crippen LogP contribution is -2.42. The number of hydrogen-bond donors (Lipinski definition) is 3. The maximum Gasteiger partial charge on any atom is 0.114 e. The summed E-state index contributed by atoms with van der Waals surface area (Å²) in [7, 11) is 0. The Hall–Kier alpha value is -0.460. The molecule has 0 radical (unpaired) electrons. The third-order valence-corrected chi connectivity index (χ3v) is 5.45. The highest BCUT2D eigenvalue weighted by Crippen LogP contribution is 2.21. The van der Waals surface area contributed by atoms with Gasteiger partial charge in [-0.1, -0.05) is 70.4 Å². The number of aliphatic hydroxyl groups is 3. The highest BCUT2D eigenvalue weighted by atomic mass is 16.6. The molecule has 28 heavy (non-hydrogen) atoms. The summed E-state index contributed by atoms with van der Waals surface area (Å²) < 4.78 is 11.0. The van der Waals surface area contributed by atoms with E-state index in [1.165, 1.54) is 70.6 Å². The summed E-state index contributed by atoms with van der Waals surface area (Å²) in [6.07, 6.45) is 18.1. The van der Waals surface area contributed by atoms with Crippen molar-refractivity contribution in [3.05, 3.63) is 12.2 Å². The first-order valence-electron chi connectivity index (χ1n) is 11.6. The Labute approximate surface area is 172 Å². The first-order chi connectivity index (χ1) is 13.7. The quantitative estimate of drug-likeness (QED) is 0.238. The fraction of sp³-hybridized carbons (Fsp3) is 0.913. The topological polar surface area (TPSA) is 79.2 Å². The largest absolute Gasteiger partial charge is 0.394 e. The lowest BCUT2D eigenvalue weighted by atomic mass is 10.1. The second-order valence-corrected chi connectivity index (χ2v) is 8.03. The number of hydrogen-bond acceptors (Lipinski definition) is 5. The molecule has 1 fully saturated rings. The number of allylic oxidation sites excluding steroid dienone is 2. The Kier molecular flexibility index (Phi) is 15.9. The van der Waals surface area contributed by atoms with Gasteiger partial charge in [-0.3, -0.25) is 0 Å². The van der Waals surface area contributed by atoms with Crippen molar-refractivity contribution in [1.82, 2.24) is 0 Å². The second-order valence-electron chi connectivity index (χ2n) is 8.03. The Bertz CT molecular complexity index is 374. The fourth-order valence-electron chi connectivity index (χ4n) is 3.65. The van der Waals surface area contributed by atoms with E-state index in [-0.39, 0.29) is 13.2 Å². The molecule has 0 aromatic heterocycles. The minimum Gasteiger partial charge on any atom is -0.394 e. The van der Waals surface area contributed by atoms with Gasteiger partial charge >= 0.3 is 0 Å². The van der Waals surface area contributed by atoms with Gasteiger partial charge in [-0.25, -0.2) is 0 Å². The van der Waals surface area contributed by atoms with Gasteiger partial charge in [0.15, 0.2) is 0 Å². The minimum absolute atomic E-state index is 0.152. The zero-order valence-corrected chi connectivity index (χ0v) is 17.9. The van der Waals surface area contributed by atoms with Crippen molar-refractivity contribution in [2.75, 3.05) is 19.8 Å². The van der Waals surface area contributed by atoms with Crippen LogP contribution in [0.15, 0.2) is 12.2 Å². The molecule has 3 N–H and O–H groups in total. The van der Waals surface area contributed by atoms with Crippen LogP contribution in [-0.2, 0) is 9.47 Å². The molecule has 1 aliphatic heterocycles. The molecule has 1 heterocycles. The van der Waals surface area contributed by atoms with E-state index in [9.17, 15) is 10.2 Å².